The Bertz CT molecular complexity index is 423. The summed E-state index contributed by atoms with van der Waals surface area (Å²) in [5, 5.41) is 17.9. The maximum Gasteiger partial charge on any atom is 0.337 e. The molecule has 0 saturated heterocycles. The van der Waals surface area contributed by atoms with Crippen molar-refractivity contribution in [3.8, 4) is 0 Å². The Kier molecular flexibility index (Phi) is 4.93. The summed E-state index contributed by atoms with van der Waals surface area (Å²) in [6.45, 7) is 4.37. The van der Waals surface area contributed by atoms with Crippen LogP contribution >= 0.6 is 11.6 Å². The maximum atomic E-state index is 10.7. The van der Waals surface area contributed by atoms with Crippen LogP contribution in [0.25, 0.3) is 0 Å². The maximum absolute atomic E-state index is 10.7. The highest BCUT2D eigenvalue weighted by Gasteiger charge is 2.13. The molecule has 0 saturated carbocycles. The zero-order chi connectivity index (χ0) is 12.8. The van der Waals surface area contributed by atoms with Crippen molar-refractivity contribution in [2.45, 2.75) is 0 Å². The molecule has 0 amide bonds. The van der Waals surface area contributed by atoms with E-state index in [0.717, 1.165) is 0 Å². The van der Waals surface area contributed by atoms with Crippen molar-refractivity contribution < 1.29 is 15.0 Å². The Balaban J connectivity index is 3.03. The number of hydrogen-bond donors (Lipinski definition) is 2. The van der Waals surface area contributed by atoms with Gasteiger partial charge in [0.2, 0.25) is 0 Å². The molecular weight excluding hydrogens is 244 g/mol. The summed E-state index contributed by atoms with van der Waals surface area (Å²) >= 11 is 5.96. The fourth-order valence-electron chi connectivity index (χ4n) is 1.34. The van der Waals surface area contributed by atoms with E-state index in [-0.39, 0.29) is 17.2 Å². The molecule has 0 aliphatic carbocycles. The van der Waals surface area contributed by atoms with Crippen LogP contribution < -0.4 is 4.90 Å². The van der Waals surface area contributed by atoms with Crippen LogP contribution in [0.1, 0.15) is 10.4 Å². The van der Waals surface area contributed by atoms with Crippen LogP contribution in [0.4, 0.5) is 5.82 Å². The van der Waals surface area contributed by atoms with Crippen LogP contribution in [0.5, 0.6) is 0 Å². The highest BCUT2D eigenvalue weighted by molar-refractivity contribution is 6.33. The Morgan fingerprint density at radius 3 is 2.82 bits per heavy atom. The molecule has 0 aliphatic rings. The van der Waals surface area contributed by atoms with Crippen molar-refractivity contribution in [3.05, 3.63) is 35.5 Å². The molecule has 5 nitrogen and oxygen atoms in total. The number of halogens is 1. The van der Waals surface area contributed by atoms with Gasteiger partial charge in [0, 0.05) is 19.3 Å². The average Bonchev–Trinajstić information content (AvgIpc) is 2.28. The zero-order valence-corrected chi connectivity index (χ0v) is 9.89. The van der Waals surface area contributed by atoms with Crippen LogP contribution in [0, 0.1) is 0 Å². The van der Waals surface area contributed by atoms with E-state index >= 15 is 0 Å². The number of anilines is 1. The number of pyridine rings is 1. The third-order valence-corrected chi connectivity index (χ3v) is 2.37. The van der Waals surface area contributed by atoms with Crippen molar-refractivity contribution in [3.63, 3.8) is 0 Å². The third kappa shape index (κ3) is 3.44. The lowest BCUT2D eigenvalue weighted by Gasteiger charge is -2.22. The molecule has 0 atom stereocenters. The van der Waals surface area contributed by atoms with E-state index in [0.29, 0.717) is 18.9 Å². The number of aliphatic hydroxyl groups excluding tert-OH is 1. The molecule has 1 rings (SSSR count). The highest BCUT2D eigenvalue weighted by Crippen LogP contribution is 2.23. The largest absolute Gasteiger partial charge is 0.478 e. The number of carbonyl (C=O) groups is 1. The summed E-state index contributed by atoms with van der Waals surface area (Å²) in [7, 11) is 0. The molecular formula is C11H13ClN2O3. The summed E-state index contributed by atoms with van der Waals surface area (Å²) < 4.78 is 0. The van der Waals surface area contributed by atoms with E-state index in [1.165, 1.54) is 12.3 Å². The van der Waals surface area contributed by atoms with Gasteiger partial charge in [0.05, 0.1) is 17.2 Å². The molecule has 1 aromatic rings. The third-order valence-electron chi connectivity index (χ3n) is 2.09. The van der Waals surface area contributed by atoms with Crippen molar-refractivity contribution in [1.29, 1.82) is 0 Å². The van der Waals surface area contributed by atoms with Gasteiger partial charge in [0.25, 0.3) is 0 Å². The van der Waals surface area contributed by atoms with Gasteiger partial charge in [-0.15, -0.1) is 6.58 Å². The minimum absolute atomic E-state index is 0.0290. The van der Waals surface area contributed by atoms with Gasteiger partial charge in [0.1, 0.15) is 5.82 Å². The second-order valence-corrected chi connectivity index (χ2v) is 3.70. The lowest BCUT2D eigenvalue weighted by Crippen LogP contribution is -2.28. The fraction of sp³-hybridized carbons (Fsp3) is 0.273. The van der Waals surface area contributed by atoms with E-state index in [9.17, 15) is 4.79 Å². The zero-order valence-electron chi connectivity index (χ0n) is 9.14. The Labute approximate surface area is 104 Å². The summed E-state index contributed by atoms with van der Waals surface area (Å²) in [6.07, 6.45) is 2.88. The van der Waals surface area contributed by atoms with E-state index in [4.69, 9.17) is 21.8 Å². The summed E-state index contributed by atoms with van der Waals surface area (Å²) in [4.78, 5) is 16.4. The number of rotatable bonds is 6. The summed E-state index contributed by atoms with van der Waals surface area (Å²) in [5.74, 6) is -0.644. The van der Waals surface area contributed by atoms with Crippen molar-refractivity contribution in [2.75, 3.05) is 24.6 Å². The highest BCUT2D eigenvalue weighted by atomic mass is 35.5. The van der Waals surface area contributed by atoms with Crippen LogP contribution in [-0.2, 0) is 0 Å². The Morgan fingerprint density at radius 2 is 2.35 bits per heavy atom. The molecule has 0 spiro atoms. The molecule has 2 N–H and O–H groups in total. The minimum atomic E-state index is -1.08. The molecule has 0 aromatic carbocycles. The van der Waals surface area contributed by atoms with Gasteiger partial charge in [-0.1, -0.05) is 17.7 Å². The number of aliphatic hydroxyl groups is 1. The van der Waals surface area contributed by atoms with Gasteiger partial charge < -0.3 is 15.1 Å². The standard InChI is InChI=1S/C11H13ClN2O3/c1-2-3-14(4-5-15)10-9(12)6-8(7-13-10)11(16)17/h2,6-7,15H,1,3-5H2,(H,16,17). The lowest BCUT2D eigenvalue weighted by atomic mass is 10.3. The van der Waals surface area contributed by atoms with Crippen molar-refractivity contribution in [1.82, 2.24) is 4.98 Å². The number of hydrogen-bond acceptors (Lipinski definition) is 4. The van der Waals surface area contributed by atoms with E-state index in [2.05, 4.69) is 11.6 Å². The second kappa shape index (κ2) is 6.22. The predicted octanol–water partition coefficient (Wildman–Crippen LogP) is 1.42. The molecule has 0 aliphatic heterocycles. The monoisotopic (exact) mass is 256 g/mol. The number of nitrogens with zero attached hydrogens (tertiary/aromatic N) is 2. The Hall–Kier alpha value is -1.59. The van der Waals surface area contributed by atoms with E-state index in [1.807, 2.05) is 0 Å². The SMILES string of the molecule is C=CCN(CCO)c1ncc(C(=O)O)cc1Cl. The molecule has 0 bridgehead atoms. The summed E-state index contributed by atoms with van der Waals surface area (Å²) in [6, 6.07) is 1.33. The van der Waals surface area contributed by atoms with E-state index in [1.54, 1.807) is 11.0 Å². The van der Waals surface area contributed by atoms with Gasteiger partial charge in [-0.3, -0.25) is 0 Å². The quantitative estimate of drug-likeness (QED) is 0.753. The predicted molar refractivity (Wildman–Crippen MR) is 65.7 cm³/mol. The molecule has 92 valence electrons. The van der Waals surface area contributed by atoms with Crippen LogP contribution in [0.2, 0.25) is 5.02 Å². The number of carboxylic acids is 1. The van der Waals surface area contributed by atoms with Crippen molar-refractivity contribution >= 4 is 23.4 Å². The number of carboxylic acid groups (broad SMARTS) is 1. The van der Waals surface area contributed by atoms with Gasteiger partial charge in [-0.2, -0.15) is 0 Å². The molecule has 1 heterocycles. The van der Waals surface area contributed by atoms with Crippen LogP contribution in [-0.4, -0.2) is 40.9 Å². The first-order valence-corrected chi connectivity index (χ1v) is 5.33. The normalized spacial score (nSPS) is 10.0. The topological polar surface area (TPSA) is 73.7 Å². The van der Waals surface area contributed by atoms with Crippen LogP contribution in [0.3, 0.4) is 0 Å². The Morgan fingerprint density at radius 1 is 1.65 bits per heavy atom. The van der Waals surface area contributed by atoms with E-state index < -0.39 is 5.97 Å². The molecule has 17 heavy (non-hydrogen) atoms. The van der Waals surface area contributed by atoms with Gasteiger partial charge in [0.15, 0.2) is 0 Å². The molecule has 1 aromatic heterocycles. The molecule has 0 unspecified atom stereocenters. The minimum Gasteiger partial charge on any atom is -0.478 e. The average molecular weight is 257 g/mol. The number of aromatic carboxylic acids is 1. The molecule has 0 fully saturated rings. The number of aromatic nitrogens is 1. The molecule has 6 heteroatoms. The first kappa shape index (κ1) is 13.5. The fourth-order valence-corrected chi connectivity index (χ4v) is 1.63. The van der Waals surface area contributed by atoms with Gasteiger partial charge in [-0.25, -0.2) is 9.78 Å². The lowest BCUT2D eigenvalue weighted by molar-refractivity contribution is 0.0696. The first-order chi connectivity index (χ1) is 8.10. The molecule has 0 radical (unpaired) electrons. The van der Waals surface area contributed by atoms with Crippen molar-refractivity contribution in [2.24, 2.45) is 0 Å². The second-order valence-electron chi connectivity index (χ2n) is 3.29. The summed E-state index contributed by atoms with van der Waals surface area (Å²) in [5.41, 5.74) is 0.0290. The van der Waals surface area contributed by atoms with Crippen LogP contribution in [0.15, 0.2) is 24.9 Å². The van der Waals surface area contributed by atoms with Gasteiger partial charge >= 0.3 is 5.97 Å². The first-order valence-electron chi connectivity index (χ1n) is 4.95. The van der Waals surface area contributed by atoms with Gasteiger partial charge in [-0.05, 0) is 6.07 Å². The smallest absolute Gasteiger partial charge is 0.337 e.